The Hall–Kier alpha value is -3.30. The highest BCUT2D eigenvalue weighted by molar-refractivity contribution is 5.96. The lowest BCUT2D eigenvalue weighted by Gasteiger charge is -2.20. The average molecular weight is 378 g/mol. The van der Waals surface area contributed by atoms with E-state index in [1.165, 1.54) is 24.3 Å². The maximum Gasteiger partial charge on any atom is 0.412 e. The predicted molar refractivity (Wildman–Crippen MR) is 95.3 cm³/mol. The molecule has 1 saturated heterocycles. The first-order valence-corrected chi connectivity index (χ1v) is 8.25. The van der Waals surface area contributed by atoms with E-state index in [9.17, 15) is 24.3 Å². The van der Waals surface area contributed by atoms with Crippen molar-refractivity contribution in [2.45, 2.75) is 32.4 Å². The summed E-state index contributed by atoms with van der Waals surface area (Å²) in [5.74, 6) is -1.28. The first-order valence-electron chi connectivity index (χ1n) is 8.25. The number of hydrogen-bond acceptors (Lipinski definition) is 5. The quantitative estimate of drug-likeness (QED) is 0.631. The van der Waals surface area contributed by atoms with Gasteiger partial charge in [-0.25, -0.2) is 24.1 Å². The molecule has 27 heavy (non-hydrogen) atoms. The second kappa shape index (κ2) is 7.94. The Morgan fingerprint density at radius 3 is 2.33 bits per heavy atom. The van der Waals surface area contributed by atoms with E-state index < -0.39 is 35.8 Å². The molecule has 10 heteroatoms. The molecule has 1 aliphatic rings. The summed E-state index contributed by atoms with van der Waals surface area (Å²) in [6.45, 7) is 5.67. The minimum absolute atomic E-state index is 0.162. The highest BCUT2D eigenvalue weighted by atomic mass is 16.6. The zero-order valence-corrected chi connectivity index (χ0v) is 15.2. The molecule has 0 bridgehead atoms. The molecule has 0 unspecified atom stereocenters. The Kier molecular flexibility index (Phi) is 5.88. The van der Waals surface area contributed by atoms with Gasteiger partial charge in [0.15, 0.2) is 6.04 Å². The molecule has 0 aromatic heterocycles. The number of carbonyl (C=O) groups is 4. The summed E-state index contributed by atoms with van der Waals surface area (Å²) in [4.78, 5) is 47.8. The summed E-state index contributed by atoms with van der Waals surface area (Å²) in [6.07, 6.45) is -0.640. The van der Waals surface area contributed by atoms with Gasteiger partial charge >= 0.3 is 24.1 Å². The fourth-order valence-corrected chi connectivity index (χ4v) is 2.33. The predicted octanol–water partition coefficient (Wildman–Crippen LogP) is 1.89. The van der Waals surface area contributed by atoms with Crippen molar-refractivity contribution in [2.24, 2.45) is 0 Å². The molecular weight excluding hydrogens is 356 g/mol. The molecule has 0 saturated carbocycles. The first kappa shape index (κ1) is 20.0. The van der Waals surface area contributed by atoms with Crippen molar-refractivity contribution in [3.63, 3.8) is 0 Å². The number of anilines is 1. The fraction of sp³-hybridized carbons (Fsp3) is 0.412. The van der Waals surface area contributed by atoms with Gasteiger partial charge in [0.25, 0.3) is 0 Å². The third kappa shape index (κ3) is 5.59. The van der Waals surface area contributed by atoms with E-state index in [4.69, 9.17) is 4.74 Å². The summed E-state index contributed by atoms with van der Waals surface area (Å²) in [7, 11) is 0. The van der Waals surface area contributed by atoms with Crippen LogP contribution in [0.15, 0.2) is 24.3 Å². The summed E-state index contributed by atoms with van der Waals surface area (Å²) in [6, 6.07) is 3.17. The lowest BCUT2D eigenvalue weighted by Crippen LogP contribution is -2.45. The smallest absolute Gasteiger partial charge is 0.412 e. The molecule has 1 fully saturated rings. The van der Waals surface area contributed by atoms with E-state index in [1.54, 1.807) is 20.8 Å². The van der Waals surface area contributed by atoms with Crippen LogP contribution in [0.25, 0.3) is 0 Å². The number of urea groups is 2. The largest absolute Gasteiger partial charge is 0.479 e. The maximum absolute atomic E-state index is 12.1. The van der Waals surface area contributed by atoms with E-state index in [2.05, 4.69) is 16.0 Å². The standard InChI is InChI=1S/C17H22N4O6/c1-17(2,3)27-16(26)19-11-6-4-10(5-7-11)12(13(22)23)20-15(25)21-9-8-18-14(21)24/h4-7,12H,8-9H2,1-3H3,(H,18,24)(H,19,26)(H,20,25)(H,22,23)/t12-/m0/s1. The third-order valence-electron chi connectivity index (χ3n) is 3.51. The SMILES string of the molecule is CC(C)(C)OC(=O)Nc1ccc([C@H](NC(=O)N2CCNC2=O)C(=O)O)cc1. The topological polar surface area (TPSA) is 137 Å². The Morgan fingerprint density at radius 2 is 1.85 bits per heavy atom. The molecule has 1 atom stereocenters. The van der Waals surface area contributed by atoms with Crippen molar-refractivity contribution in [3.8, 4) is 0 Å². The van der Waals surface area contributed by atoms with Crippen LogP contribution >= 0.6 is 0 Å². The molecule has 0 spiro atoms. The van der Waals surface area contributed by atoms with Crippen LogP contribution < -0.4 is 16.0 Å². The second-order valence-corrected chi connectivity index (χ2v) is 6.85. The number of hydrogen-bond donors (Lipinski definition) is 4. The number of carboxylic acid groups (broad SMARTS) is 1. The van der Waals surface area contributed by atoms with Crippen LogP contribution in [0.1, 0.15) is 32.4 Å². The Bertz CT molecular complexity index is 741. The van der Waals surface area contributed by atoms with E-state index >= 15 is 0 Å². The van der Waals surface area contributed by atoms with Gasteiger partial charge in [-0.1, -0.05) is 12.1 Å². The third-order valence-corrected chi connectivity index (χ3v) is 3.51. The number of amides is 5. The van der Waals surface area contributed by atoms with Crippen LogP contribution in [0.2, 0.25) is 0 Å². The van der Waals surface area contributed by atoms with Gasteiger partial charge in [0, 0.05) is 18.8 Å². The zero-order valence-electron chi connectivity index (χ0n) is 15.2. The van der Waals surface area contributed by atoms with Crippen LogP contribution in [0.5, 0.6) is 0 Å². The monoisotopic (exact) mass is 378 g/mol. The first-order chi connectivity index (χ1) is 12.6. The molecule has 1 aliphatic heterocycles. The molecule has 0 radical (unpaired) electrons. The van der Waals surface area contributed by atoms with Gasteiger partial charge in [-0.3, -0.25) is 5.32 Å². The van der Waals surface area contributed by atoms with Gasteiger partial charge in [-0.05, 0) is 38.5 Å². The Balaban J connectivity index is 2.05. The summed E-state index contributed by atoms with van der Waals surface area (Å²) >= 11 is 0. The number of aliphatic carboxylic acids is 1. The summed E-state index contributed by atoms with van der Waals surface area (Å²) in [5.41, 5.74) is 0.0393. The second-order valence-electron chi connectivity index (χ2n) is 6.85. The number of benzene rings is 1. The van der Waals surface area contributed by atoms with E-state index in [0.29, 0.717) is 12.2 Å². The van der Waals surface area contributed by atoms with Gasteiger partial charge < -0.3 is 20.5 Å². The Labute approximate surface area is 155 Å². The highest BCUT2D eigenvalue weighted by Gasteiger charge is 2.30. The van der Waals surface area contributed by atoms with E-state index in [0.717, 1.165) is 4.90 Å². The van der Waals surface area contributed by atoms with Gasteiger partial charge in [0.05, 0.1) is 0 Å². The number of imide groups is 1. The van der Waals surface area contributed by atoms with Gasteiger partial charge in [0.2, 0.25) is 0 Å². The minimum atomic E-state index is -1.35. The number of nitrogens with one attached hydrogen (secondary N) is 3. The lowest BCUT2D eigenvalue weighted by molar-refractivity contribution is -0.139. The lowest BCUT2D eigenvalue weighted by atomic mass is 10.1. The molecule has 2 rings (SSSR count). The van der Waals surface area contributed by atoms with Crippen LogP contribution in [0.4, 0.5) is 20.1 Å². The molecule has 1 heterocycles. The fourth-order valence-electron chi connectivity index (χ4n) is 2.33. The number of carboxylic acids is 1. The molecule has 4 N–H and O–H groups in total. The normalized spacial score (nSPS) is 14.9. The summed E-state index contributed by atoms with van der Waals surface area (Å²) in [5, 5.41) is 16.7. The van der Waals surface area contributed by atoms with Crippen molar-refractivity contribution in [3.05, 3.63) is 29.8 Å². The summed E-state index contributed by atoms with van der Waals surface area (Å²) < 4.78 is 5.13. The van der Waals surface area contributed by atoms with Crippen molar-refractivity contribution < 1.29 is 29.0 Å². The molecular formula is C17H22N4O6. The molecule has 0 aliphatic carbocycles. The van der Waals surface area contributed by atoms with Gasteiger partial charge in [-0.15, -0.1) is 0 Å². The van der Waals surface area contributed by atoms with E-state index in [1.807, 2.05) is 0 Å². The number of nitrogens with zero attached hydrogens (tertiary/aromatic N) is 1. The zero-order chi connectivity index (χ0) is 20.2. The molecule has 1 aromatic carbocycles. The van der Waals surface area contributed by atoms with Crippen molar-refractivity contribution in [1.82, 2.24) is 15.5 Å². The van der Waals surface area contributed by atoms with E-state index in [-0.39, 0.29) is 12.1 Å². The number of carbonyl (C=O) groups excluding carboxylic acids is 3. The number of ether oxygens (including phenoxy) is 1. The maximum atomic E-state index is 12.1. The Morgan fingerprint density at radius 1 is 1.22 bits per heavy atom. The number of rotatable bonds is 4. The molecule has 5 amide bonds. The minimum Gasteiger partial charge on any atom is -0.479 e. The van der Waals surface area contributed by atoms with Crippen molar-refractivity contribution in [1.29, 1.82) is 0 Å². The van der Waals surface area contributed by atoms with Crippen LogP contribution in [-0.2, 0) is 9.53 Å². The van der Waals surface area contributed by atoms with Crippen LogP contribution in [0, 0.1) is 0 Å². The van der Waals surface area contributed by atoms with Gasteiger partial charge in [-0.2, -0.15) is 0 Å². The highest BCUT2D eigenvalue weighted by Crippen LogP contribution is 2.18. The van der Waals surface area contributed by atoms with Crippen LogP contribution in [0.3, 0.4) is 0 Å². The van der Waals surface area contributed by atoms with Gasteiger partial charge in [0.1, 0.15) is 5.60 Å². The van der Waals surface area contributed by atoms with Crippen molar-refractivity contribution in [2.75, 3.05) is 18.4 Å². The van der Waals surface area contributed by atoms with Crippen molar-refractivity contribution >= 4 is 29.8 Å². The van der Waals surface area contributed by atoms with Crippen LogP contribution in [-0.4, -0.2) is 52.8 Å². The molecule has 146 valence electrons. The molecule has 1 aromatic rings. The molecule has 10 nitrogen and oxygen atoms in total. The average Bonchev–Trinajstić information content (AvgIpc) is 2.97.